The highest BCUT2D eigenvalue weighted by atomic mass is 32.2. The van der Waals surface area contributed by atoms with Crippen LogP contribution >= 0.6 is 0 Å². The number of carbonyl (C=O) groups is 1. The molecule has 0 bridgehead atoms. The van der Waals surface area contributed by atoms with Gasteiger partial charge in [-0.2, -0.15) is 4.31 Å². The van der Waals surface area contributed by atoms with Crippen LogP contribution in [-0.4, -0.2) is 45.4 Å². The first-order chi connectivity index (χ1) is 13.9. The van der Waals surface area contributed by atoms with Crippen LogP contribution < -0.4 is 10.1 Å². The fourth-order valence-corrected chi connectivity index (χ4v) is 4.85. The molecule has 156 valence electrons. The number of rotatable bonds is 7. The van der Waals surface area contributed by atoms with Gasteiger partial charge >= 0.3 is 0 Å². The molecule has 0 spiro atoms. The largest absolute Gasteiger partial charge is 0.497 e. The fraction of sp³-hybridized carbons (Fsp3) is 0.381. The Balaban J connectivity index is 1.48. The average molecular weight is 421 g/mol. The normalized spacial score (nSPS) is 15.8. The Bertz CT molecular complexity index is 922. The summed E-state index contributed by atoms with van der Waals surface area (Å²) in [6.07, 6.45) is 1.59. The summed E-state index contributed by atoms with van der Waals surface area (Å²) in [6.45, 7) is 1.09. The summed E-state index contributed by atoms with van der Waals surface area (Å²) in [4.78, 5) is 12.6. The van der Waals surface area contributed by atoms with Crippen LogP contribution in [0.25, 0.3) is 0 Å². The molecule has 1 amide bonds. The standard InChI is InChI=1S/C21H25FN2O4S/c1-28-19-6-8-20(9-7-19)29(26,27)24-14-11-17(12-15-24)21(25)23-13-10-16-2-4-18(22)5-3-16/h2-9,17H,10-15H2,1H3,(H,23,25). The van der Waals surface area contributed by atoms with Crippen LogP contribution in [0.4, 0.5) is 4.39 Å². The van der Waals surface area contributed by atoms with Crippen molar-refractivity contribution >= 4 is 15.9 Å². The van der Waals surface area contributed by atoms with E-state index in [4.69, 9.17) is 4.74 Å². The number of hydrogen-bond donors (Lipinski definition) is 1. The maximum absolute atomic E-state index is 12.9. The quantitative estimate of drug-likeness (QED) is 0.747. The topological polar surface area (TPSA) is 75.7 Å². The molecular weight excluding hydrogens is 395 g/mol. The van der Waals surface area contributed by atoms with Crippen LogP contribution in [0.5, 0.6) is 5.75 Å². The molecule has 0 atom stereocenters. The Morgan fingerprint density at radius 3 is 2.31 bits per heavy atom. The highest BCUT2D eigenvalue weighted by molar-refractivity contribution is 7.89. The van der Waals surface area contributed by atoms with E-state index in [0.29, 0.717) is 44.6 Å². The van der Waals surface area contributed by atoms with E-state index in [1.807, 2.05) is 0 Å². The van der Waals surface area contributed by atoms with E-state index in [1.54, 1.807) is 24.3 Å². The summed E-state index contributed by atoms with van der Waals surface area (Å²) in [5.74, 6) is 0.0493. The van der Waals surface area contributed by atoms with E-state index in [2.05, 4.69) is 5.32 Å². The molecule has 0 radical (unpaired) electrons. The van der Waals surface area contributed by atoms with Crippen molar-refractivity contribution in [1.29, 1.82) is 0 Å². The Labute approximate surface area is 170 Å². The first kappa shape index (κ1) is 21.3. The number of halogens is 1. The van der Waals surface area contributed by atoms with E-state index in [1.165, 1.54) is 35.7 Å². The maximum atomic E-state index is 12.9. The minimum Gasteiger partial charge on any atom is -0.497 e. The van der Waals surface area contributed by atoms with Crippen molar-refractivity contribution in [2.24, 2.45) is 5.92 Å². The Kier molecular flexibility index (Phi) is 6.87. The molecule has 1 fully saturated rings. The van der Waals surface area contributed by atoms with Crippen LogP contribution in [0.1, 0.15) is 18.4 Å². The SMILES string of the molecule is COc1ccc(S(=O)(=O)N2CCC(C(=O)NCCc3ccc(F)cc3)CC2)cc1. The maximum Gasteiger partial charge on any atom is 0.243 e. The van der Waals surface area contributed by atoms with Crippen molar-refractivity contribution in [2.45, 2.75) is 24.2 Å². The van der Waals surface area contributed by atoms with Gasteiger partial charge in [-0.05, 0) is 61.2 Å². The Morgan fingerprint density at radius 1 is 1.10 bits per heavy atom. The molecule has 1 saturated heterocycles. The molecule has 0 unspecified atom stereocenters. The molecular formula is C21H25FN2O4S. The van der Waals surface area contributed by atoms with Gasteiger partial charge in [0.1, 0.15) is 11.6 Å². The molecule has 2 aromatic carbocycles. The Hall–Kier alpha value is -2.45. The number of nitrogens with zero attached hydrogens (tertiary/aromatic N) is 1. The van der Waals surface area contributed by atoms with E-state index in [-0.39, 0.29) is 22.5 Å². The fourth-order valence-electron chi connectivity index (χ4n) is 3.38. The number of carbonyl (C=O) groups excluding carboxylic acids is 1. The highest BCUT2D eigenvalue weighted by Gasteiger charge is 2.31. The zero-order valence-corrected chi connectivity index (χ0v) is 17.1. The molecule has 1 N–H and O–H groups in total. The van der Waals surface area contributed by atoms with Gasteiger partial charge in [-0.25, -0.2) is 12.8 Å². The lowest BCUT2D eigenvalue weighted by Gasteiger charge is -2.30. The van der Waals surface area contributed by atoms with Crippen LogP contribution in [0.15, 0.2) is 53.4 Å². The minimum absolute atomic E-state index is 0.0615. The zero-order chi connectivity index (χ0) is 20.9. The number of methoxy groups -OCH3 is 1. The lowest BCUT2D eigenvalue weighted by atomic mass is 9.97. The summed E-state index contributed by atoms with van der Waals surface area (Å²) in [6, 6.07) is 12.5. The van der Waals surface area contributed by atoms with Crippen molar-refractivity contribution in [1.82, 2.24) is 9.62 Å². The summed E-state index contributed by atoms with van der Waals surface area (Å²) in [7, 11) is -2.05. The second-order valence-electron chi connectivity index (χ2n) is 7.02. The number of ether oxygens (including phenoxy) is 1. The predicted molar refractivity (Wildman–Crippen MR) is 108 cm³/mol. The first-order valence-electron chi connectivity index (χ1n) is 9.56. The summed E-state index contributed by atoms with van der Waals surface area (Å²) < 4.78 is 45.0. The second-order valence-corrected chi connectivity index (χ2v) is 8.96. The number of nitrogens with one attached hydrogen (secondary N) is 1. The molecule has 8 heteroatoms. The number of hydrogen-bond acceptors (Lipinski definition) is 4. The van der Waals surface area contributed by atoms with Gasteiger partial charge in [0.2, 0.25) is 15.9 Å². The highest BCUT2D eigenvalue weighted by Crippen LogP contribution is 2.25. The molecule has 1 heterocycles. The van der Waals surface area contributed by atoms with Gasteiger partial charge in [0.25, 0.3) is 0 Å². The van der Waals surface area contributed by atoms with E-state index in [0.717, 1.165) is 5.56 Å². The van der Waals surface area contributed by atoms with Crippen LogP contribution in [-0.2, 0) is 21.2 Å². The van der Waals surface area contributed by atoms with E-state index >= 15 is 0 Å². The van der Waals surface area contributed by atoms with Gasteiger partial charge in [0, 0.05) is 25.6 Å². The van der Waals surface area contributed by atoms with Crippen LogP contribution in [0, 0.1) is 11.7 Å². The number of sulfonamides is 1. The van der Waals surface area contributed by atoms with E-state index < -0.39 is 10.0 Å². The molecule has 1 aliphatic heterocycles. The third-order valence-corrected chi connectivity index (χ3v) is 7.06. The lowest BCUT2D eigenvalue weighted by molar-refractivity contribution is -0.126. The first-order valence-corrected chi connectivity index (χ1v) is 11.0. The molecule has 3 rings (SSSR count). The zero-order valence-electron chi connectivity index (χ0n) is 16.3. The second kappa shape index (κ2) is 9.37. The molecule has 0 aliphatic carbocycles. The van der Waals surface area contributed by atoms with E-state index in [9.17, 15) is 17.6 Å². The minimum atomic E-state index is -3.58. The summed E-state index contributed by atoms with van der Waals surface area (Å²) in [5, 5.41) is 2.90. The molecule has 2 aromatic rings. The molecule has 6 nitrogen and oxygen atoms in total. The van der Waals surface area contributed by atoms with Gasteiger partial charge in [0.15, 0.2) is 0 Å². The van der Waals surface area contributed by atoms with Crippen molar-refractivity contribution in [2.75, 3.05) is 26.7 Å². The third-order valence-electron chi connectivity index (χ3n) is 5.15. The Morgan fingerprint density at radius 2 is 1.72 bits per heavy atom. The van der Waals surface area contributed by atoms with Crippen molar-refractivity contribution in [3.8, 4) is 5.75 Å². The monoisotopic (exact) mass is 420 g/mol. The average Bonchev–Trinajstić information content (AvgIpc) is 2.75. The van der Waals surface area contributed by atoms with Crippen LogP contribution in [0.3, 0.4) is 0 Å². The van der Waals surface area contributed by atoms with Gasteiger partial charge < -0.3 is 10.1 Å². The number of benzene rings is 2. The summed E-state index contributed by atoms with van der Waals surface area (Å²) >= 11 is 0. The van der Waals surface area contributed by atoms with Gasteiger partial charge in [0.05, 0.1) is 12.0 Å². The third kappa shape index (κ3) is 5.33. The van der Waals surface area contributed by atoms with Crippen molar-refractivity contribution in [3.63, 3.8) is 0 Å². The predicted octanol–water partition coefficient (Wildman–Crippen LogP) is 2.59. The van der Waals surface area contributed by atoms with Gasteiger partial charge in [-0.15, -0.1) is 0 Å². The smallest absolute Gasteiger partial charge is 0.243 e. The van der Waals surface area contributed by atoms with Gasteiger partial charge in [-0.1, -0.05) is 12.1 Å². The molecule has 1 aliphatic rings. The number of piperidine rings is 1. The van der Waals surface area contributed by atoms with Crippen molar-refractivity contribution < 1.29 is 22.3 Å². The van der Waals surface area contributed by atoms with Crippen LogP contribution in [0.2, 0.25) is 0 Å². The molecule has 0 saturated carbocycles. The van der Waals surface area contributed by atoms with Gasteiger partial charge in [-0.3, -0.25) is 4.79 Å². The molecule has 0 aromatic heterocycles. The van der Waals surface area contributed by atoms with Crippen molar-refractivity contribution in [3.05, 3.63) is 59.9 Å². The lowest BCUT2D eigenvalue weighted by Crippen LogP contribution is -2.43. The molecule has 29 heavy (non-hydrogen) atoms. The summed E-state index contributed by atoms with van der Waals surface area (Å²) in [5.41, 5.74) is 0.951. The number of amides is 1.